The second-order valence-electron chi connectivity index (χ2n) is 5.31. The van der Waals surface area contributed by atoms with Crippen molar-refractivity contribution in [1.82, 2.24) is 9.47 Å². The van der Waals surface area contributed by atoms with E-state index in [0.29, 0.717) is 17.9 Å². The van der Waals surface area contributed by atoms with Gasteiger partial charge in [0.25, 0.3) is 5.91 Å². The van der Waals surface area contributed by atoms with Gasteiger partial charge in [-0.3, -0.25) is 4.79 Å². The minimum atomic E-state index is -0.0146. The minimum absolute atomic E-state index is 0.0146. The summed E-state index contributed by atoms with van der Waals surface area (Å²) < 4.78 is 1.92. The number of aromatic nitrogens is 1. The lowest BCUT2D eigenvalue weighted by atomic mass is 10.2. The number of amides is 1. The summed E-state index contributed by atoms with van der Waals surface area (Å²) in [5.74, 6) is -0.0146. The molecule has 1 aromatic heterocycles. The first kappa shape index (κ1) is 14.2. The number of anilines is 1. The van der Waals surface area contributed by atoms with E-state index >= 15 is 0 Å². The van der Waals surface area contributed by atoms with E-state index in [1.54, 1.807) is 11.0 Å². The summed E-state index contributed by atoms with van der Waals surface area (Å²) in [5, 5.41) is 0. The molecule has 0 atom stereocenters. The molecule has 0 fully saturated rings. The molecular formula is C16H21N3O. The lowest BCUT2D eigenvalue weighted by Crippen LogP contribution is -2.28. The third-order valence-electron chi connectivity index (χ3n) is 3.25. The first-order valence-electron chi connectivity index (χ1n) is 6.75. The second-order valence-corrected chi connectivity index (χ2v) is 5.31. The van der Waals surface area contributed by atoms with Crippen LogP contribution in [0.5, 0.6) is 0 Å². The van der Waals surface area contributed by atoms with E-state index in [1.165, 1.54) is 0 Å². The third kappa shape index (κ3) is 3.02. The summed E-state index contributed by atoms with van der Waals surface area (Å²) in [4.78, 5) is 14.2. The molecule has 0 unspecified atom stereocenters. The van der Waals surface area contributed by atoms with Gasteiger partial charge in [0.05, 0.1) is 5.69 Å². The molecule has 0 saturated carbocycles. The smallest absolute Gasteiger partial charge is 0.270 e. The zero-order valence-corrected chi connectivity index (χ0v) is 12.2. The number of carbonyl (C=O) groups excluding carboxylic acids is 1. The molecule has 0 aliphatic rings. The van der Waals surface area contributed by atoms with E-state index in [1.807, 2.05) is 62.0 Å². The number of nitrogen functional groups attached to an aromatic ring is 1. The van der Waals surface area contributed by atoms with E-state index in [4.69, 9.17) is 5.73 Å². The van der Waals surface area contributed by atoms with Gasteiger partial charge in [0.2, 0.25) is 0 Å². The van der Waals surface area contributed by atoms with Gasteiger partial charge in [-0.1, -0.05) is 30.3 Å². The Kier molecular flexibility index (Phi) is 4.13. The SMILES string of the molecule is CC(C)n1cc(N)cc1C(=O)N(C)Cc1ccccc1. The van der Waals surface area contributed by atoms with Gasteiger partial charge >= 0.3 is 0 Å². The fourth-order valence-electron chi connectivity index (χ4n) is 2.22. The molecule has 0 spiro atoms. The molecule has 2 rings (SSSR count). The minimum Gasteiger partial charge on any atom is -0.397 e. The lowest BCUT2D eigenvalue weighted by Gasteiger charge is -2.19. The number of hydrogen-bond donors (Lipinski definition) is 1. The van der Waals surface area contributed by atoms with Crippen molar-refractivity contribution >= 4 is 11.6 Å². The maximum Gasteiger partial charge on any atom is 0.270 e. The molecule has 0 radical (unpaired) electrons. The van der Waals surface area contributed by atoms with Crippen molar-refractivity contribution in [3.8, 4) is 0 Å². The van der Waals surface area contributed by atoms with Crippen LogP contribution >= 0.6 is 0 Å². The Hall–Kier alpha value is -2.23. The average Bonchev–Trinajstić information content (AvgIpc) is 2.81. The van der Waals surface area contributed by atoms with Crippen LogP contribution in [0.2, 0.25) is 0 Å². The Bertz CT molecular complexity index is 587. The quantitative estimate of drug-likeness (QED) is 0.929. The van der Waals surface area contributed by atoms with Gasteiger partial charge in [-0.2, -0.15) is 0 Å². The van der Waals surface area contributed by atoms with Crippen molar-refractivity contribution in [2.75, 3.05) is 12.8 Å². The fourth-order valence-corrected chi connectivity index (χ4v) is 2.22. The molecule has 4 heteroatoms. The maximum absolute atomic E-state index is 12.5. The molecule has 1 heterocycles. The molecule has 0 aliphatic carbocycles. The van der Waals surface area contributed by atoms with Crippen LogP contribution in [-0.2, 0) is 6.54 Å². The van der Waals surface area contributed by atoms with Crippen LogP contribution in [0.3, 0.4) is 0 Å². The number of benzene rings is 1. The predicted octanol–water partition coefficient (Wildman–Crippen LogP) is 2.92. The van der Waals surface area contributed by atoms with Gasteiger partial charge in [0.15, 0.2) is 0 Å². The first-order valence-corrected chi connectivity index (χ1v) is 6.75. The fraction of sp³-hybridized carbons (Fsp3) is 0.312. The van der Waals surface area contributed by atoms with E-state index in [0.717, 1.165) is 5.56 Å². The zero-order chi connectivity index (χ0) is 14.7. The Morgan fingerprint density at radius 3 is 2.55 bits per heavy atom. The highest BCUT2D eigenvalue weighted by atomic mass is 16.2. The normalized spacial score (nSPS) is 10.8. The number of hydrogen-bond acceptors (Lipinski definition) is 2. The van der Waals surface area contributed by atoms with Crippen molar-refractivity contribution < 1.29 is 4.79 Å². The number of rotatable bonds is 4. The molecule has 106 valence electrons. The van der Waals surface area contributed by atoms with Crippen molar-refractivity contribution in [2.45, 2.75) is 26.4 Å². The van der Waals surface area contributed by atoms with Crippen LogP contribution in [0.4, 0.5) is 5.69 Å². The number of carbonyl (C=O) groups is 1. The average molecular weight is 271 g/mol. The van der Waals surface area contributed by atoms with Crippen LogP contribution < -0.4 is 5.73 Å². The molecule has 0 bridgehead atoms. The monoisotopic (exact) mass is 271 g/mol. The molecule has 4 nitrogen and oxygen atoms in total. The second kappa shape index (κ2) is 5.82. The van der Waals surface area contributed by atoms with Crippen LogP contribution in [-0.4, -0.2) is 22.4 Å². The number of nitrogens with two attached hydrogens (primary N) is 1. The summed E-state index contributed by atoms with van der Waals surface area (Å²) in [6, 6.07) is 11.9. The summed E-state index contributed by atoms with van der Waals surface area (Å²) in [6.45, 7) is 4.66. The van der Waals surface area contributed by atoms with Crippen LogP contribution in [0.15, 0.2) is 42.6 Å². The molecule has 1 amide bonds. The largest absolute Gasteiger partial charge is 0.397 e. The molecule has 2 N–H and O–H groups in total. The Balaban J connectivity index is 2.19. The molecule has 2 aromatic rings. The van der Waals surface area contributed by atoms with Gasteiger partial charge in [0.1, 0.15) is 5.69 Å². The molecule has 20 heavy (non-hydrogen) atoms. The van der Waals surface area contributed by atoms with Crippen LogP contribution in [0.1, 0.15) is 35.9 Å². The molecular weight excluding hydrogens is 250 g/mol. The third-order valence-corrected chi connectivity index (χ3v) is 3.25. The Morgan fingerprint density at radius 1 is 1.30 bits per heavy atom. The van der Waals surface area contributed by atoms with E-state index in [-0.39, 0.29) is 11.9 Å². The van der Waals surface area contributed by atoms with Crippen molar-refractivity contribution in [1.29, 1.82) is 0 Å². The highest BCUT2D eigenvalue weighted by Gasteiger charge is 2.18. The highest BCUT2D eigenvalue weighted by Crippen LogP contribution is 2.18. The molecule has 0 saturated heterocycles. The molecule has 0 aliphatic heterocycles. The summed E-state index contributed by atoms with van der Waals surface area (Å²) >= 11 is 0. The van der Waals surface area contributed by atoms with Gasteiger partial charge < -0.3 is 15.2 Å². The Morgan fingerprint density at radius 2 is 1.95 bits per heavy atom. The number of nitrogens with zero attached hydrogens (tertiary/aromatic N) is 2. The van der Waals surface area contributed by atoms with Gasteiger partial charge in [-0.15, -0.1) is 0 Å². The van der Waals surface area contributed by atoms with Crippen LogP contribution in [0.25, 0.3) is 0 Å². The first-order chi connectivity index (χ1) is 9.49. The van der Waals surface area contributed by atoms with Crippen molar-refractivity contribution in [2.24, 2.45) is 0 Å². The maximum atomic E-state index is 12.5. The molecule has 1 aromatic carbocycles. The van der Waals surface area contributed by atoms with Crippen molar-refractivity contribution in [3.63, 3.8) is 0 Å². The highest BCUT2D eigenvalue weighted by molar-refractivity contribution is 5.93. The van der Waals surface area contributed by atoms with Gasteiger partial charge in [-0.05, 0) is 25.5 Å². The summed E-state index contributed by atoms with van der Waals surface area (Å²) in [5.41, 5.74) is 8.18. The van der Waals surface area contributed by atoms with Gasteiger partial charge in [0, 0.05) is 25.8 Å². The van der Waals surface area contributed by atoms with E-state index in [9.17, 15) is 4.79 Å². The summed E-state index contributed by atoms with van der Waals surface area (Å²) in [7, 11) is 1.81. The topological polar surface area (TPSA) is 51.3 Å². The summed E-state index contributed by atoms with van der Waals surface area (Å²) in [6.07, 6.45) is 1.81. The van der Waals surface area contributed by atoms with E-state index < -0.39 is 0 Å². The standard InChI is InChI=1S/C16H21N3O/c1-12(2)19-11-14(17)9-15(19)16(20)18(3)10-13-7-5-4-6-8-13/h4-9,11-12H,10,17H2,1-3H3. The van der Waals surface area contributed by atoms with E-state index in [2.05, 4.69) is 0 Å². The van der Waals surface area contributed by atoms with Crippen molar-refractivity contribution in [3.05, 3.63) is 53.9 Å². The van der Waals surface area contributed by atoms with Gasteiger partial charge in [-0.25, -0.2) is 0 Å². The Labute approximate surface area is 119 Å². The predicted molar refractivity (Wildman–Crippen MR) is 81.5 cm³/mol. The lowest BCUT2D eigenvalue weighted by molar-refractivity contribution is 0.0772. The van der Waals surface area contributed by atoms with Crippen LogP contribution in [0, 0.1) is 0 Å². The zero-order valence-electron chi connectivity index (χ0n) is 12.2.